The summed E-state index contributed by atoms with van der Waals surface area (Å²) in [6.07, 6.45) is 0.627. The molecule has 166 valence electrons. The average molecular weight is 433 g/mol. The van der Waals surface area contributed by atoms with E-state index in [4.69, 9.17) is 4.84 Å². The van der Waals surface area contributed by atoms with Crippen molar-refractivity contribution in [1.82, 2.24) is 4.90 Å². The molecule has 5 heteroatoms. The van der Waals surface area contributed by atoms with Gasteiger partial charge in [-0.05, 0) is 42.2 Å². The average Bonchev–Trinajstić information content (AvgIpc) is 3.23. The van der Waals surface area contributed by atoms with Crippen molar-refractivity contribution >= 4 is 5.71 Å². The second-order valence-corrected chi connectivity index (χ2v) is 8.45. The maximum atomic E-state index is 13.7. The maximum absolute atomic E-state index is 13.7. The normalized spacial score (nSPS) is 16.6. The second kappa shape index (κ2) is 10.5. The van der Waals surface area contributed by atoms with Crippen LogP contribution in [0.1, 0.15) is 28.7 Å². The summed E-state index contributed by atoms with van der Waals surface area (Å²) in [5, 5.41) is 15.1. The minimum Gasteiger partial charge on any atom is -0.391 e. The van der Waals surface area contributed by atoms with E-state index in [0.717, 1.165) is 22.4 Å². The Hall–Kier alpha value is -3.02. The van der Waals surface area contributed by atoms with Crippen LogP contribution in [-0.4, -0.2) is 41.0 Å². The number of benzene rings is 3. The highest BCUT2D eigenvalue weighted by Crippen LogP contribution is 2.21. The molecule has 0 radical (unpaired) electrons. The van der Waals surface area contributed by atoms with E-state index < -0.39 is 6.10 Å². The molecular formula is C27H29FN2O2. The first-order chi connectivity index (χ1) is 15.6. The Kier molecular flexibility index (Phi) is 7.30. The fraction of sp³-hybridized carbons (Fsp3) is 0.296. The Balaban J connectivity index is 1.42. The van der Waals surface area contributed by atoms with Crippen LogP contribution in [-0.2, 0) is 17.8 Å². The van der Waals surface area contributed by atoms with E-state index >= 15 is 0 Å². The van der Waals surface area contributed by atoms with Crippen LogP contribution in [0.4, 0.5) is 4.39 Å². The van der Waals surface area contributed by atoms with Crippen molar-refractivity contribution < 1.29 is 14.3 Å². The molecule has 2 unspecified atom stereocenters. The molecule has 1 N–H and O–H groups in total. The fourth-order valence-electron chi connectivity index (χ4n) is 4.22. The fourth-order valence-corrected chi connectivity index (χ4v) is 4.22. The molecule has 0 saturated carbocycles. The summed E-state index contributed by atoms with van der Waals surface area (Å²) in [6, 6.07) is 24.7. The molecule has 0 saturated heterocycles. The first-order valence-corrected chi connectivity index (χ1v) is 11.0. The van der Waals surface area contributed by atoms with Gasteiger partial charge >= 0.3 is 0 Å². The Morgan fingerprint density at radius 2 is 1.78 bits per heavy atom. The van der Waals surface area contributed by atoms with E-state index in [9.17, 15) is 9.50 Å². The highest BCUT2D eigenvalue weighted by molar-refractivity contribution is 6.02. The summed E-state index contributed by atoms with van der Waals surface area (Å²) in [7, 11) is 0. The number of halogens is 1. The van der Waals surface area contributed by atoms with Crippen LogP contribution >= 0.6 is 0 Å². The lowest BCUT2D eigenvalue weighted by Gasteiger charge is -2.27. The lowest BCUT2D eigenvalue weighted by atomic mass is 10.00. The molecule has 0 bridgehead atoms. The summed E-state index contributed by atoms with van der Waals surface area (Å²) in [5.41, 5.74) is 5.19. The van der Waals surface area contributed by atoms with Gasteiger partial charge in [-0.25, -0.2) is 4.39 Å². The number of rotatable bonds is 9. The van der Waals surface area contributed by atoms with Crippen molar-refractivity contribution in [3.8, 4) is 0 Å². The van der Waals surface area contributed by atoms with Crippen LogP contribution in [0.3, 0.4) is 0 Å². The van der Waals surface area contributed by atoms with Gasteiger partial charge in [0.05, 0.1) is 11.8 Å². The Morgan fingerprint density at radius 3 is 2.56 bits per heavy atom. The Morgan fingerprint density at radius 1 is 1.03 bits per heavy atom. The molecule has 2 atom stereocenters. The van der Waals surface area contributed by atoms with Gasteiger partial charge in [0.1, 0.15) is 11.9 Å². The molecule has 0 aromatic heterocycles. The van der Waals surface area contributed by atoms with Gasteiger partial charge in [-0.1, -0.05) is 71.9 Å². The summed E-state index contributed by atoms with van der Waals surface area (Å²) in [5.74, 6) is -0.255. The smallest absolute Gasteiger partial charge is 0.145 e. The van der Waals surface area contributed by atoms with Crippen LogP contribution in [0.5, 0.6) is 0 Å². The molecule has 1 heterocycles. The number of aryl methyl sites for hydroxylation is 1. The van der Waals surface area contributed by atoms with E-state index in [0.29, 0.717) is 32.5 Å². The van der Waals surface area contributed by atoms with Crippen molar-refractivity contribution in [3.05, 3.63) is 107 Å². The first-order valence-electron chi connectivity index (χ1n) is 11.0. The maximum Gasteiger partial charge on any atom is 0.145 e. The second-order valence-electron chi connectivity index (χ2n) is 8.45. The number of nitrogens with zero attached hydrogens (tertiary/aromatic N) is 2. The van der Waals surface area contributed by atoms with Gasteiger partial charge in [0.2, 0.25) is 0 Å². The lowest BCUT2D eigenvalue weighted by Crippen LogP contribution is -2.38. The molecule has 32 heavy (non-hydrogen) atoms. The van der Waals surface area contributed by atoms with Crippen molar-refractivity contribution in [2.24, 2.45) is 5.16 Å². The minimum absolute atomic E-state index is 0.109. The first kappa shape index (κ1) is 22.2. The van der Waals surface area contributed by atoms with E-state index in [1.807, 2.05) is 48.5 Å². The number of aliphatic hydroxyl groups is 1. The highest BCUT2D eigenvalue weighted by atomic mass is 19.1. The monoisotopic (exact) mass is 432 g/mol. The van der Waals surface area contributed by atoms with Gasteiger partial charge in [-0.3, -0.25) is 4.90 Å². The summed E-state index contributed by atoms with van der Waals surface area (Å²) >= 11 is 0. The van der Waals surface area contributed by atoms with Crippen molar-refractivity contribution in [2.75, 3.05) is 13.1 Å². The number of aliphatic hydroxyl groups excluding tert-OH is 1. The van der Waals surface area contributed by atoms with Gasteiger partial charge < -0.3 is 9.94 Å². The number of oxime groups is 1. The topological polar surface area (TPSA) is 45.1 Å². The summed E-state index contributed by atoms with van der Waals surface area (Å²) in [4.78, 5) is 7.89. The van der Waals surface area contributed by atoms with Crippen LogP contribution in [0.25, 0.3) is 0 Å². The van der Waals surface area contributed by atoms with E-state index in [-0.39, 0.29) is 11.9 Å². The standard InChI is InChI=1S/C27H29FN2O2/c1-20-8-5-6-13-26(20)27-16-25(32-29-27)19-30(17-22-11-7-12-23(28)14-22)18-24(31)15-21-9-3-2-4-10-21/h2-14,24-25,31H,15-19H2,1H3. The zero-order valence-corrected chi connectivity index (χ0v) is 18.3. The molecule has 0 spiro atoms. The van der Waals surface area contributed by atoms with Gasteiger partial charge in [0, 0.05) is 31.6 Å². The van der Waals surface area contributed by atoms with Crippen LogP contribution in [0, 0.1) is 12.7 Å². The molecule has 0 amide bonds. The zero-order valence-electron chi connectivity index (χ0n) is 18.3. The van der Waals surface area contributed by atoms with E-state index in [1.54, 1.807) is 12.1 Å². The SMILES string of the molecule is Cc1ccccc1C1=NOC(CN(Cc2cccc(F)c2)CC(O)Cc2ccccc2)C1. The van der Waals surface area contributed by atoms with Gasteiger partial charge in [0.25, 0.3) is 0 Å². The highest BCUT2D eigenvalue weighted by Gasteiger charge is 2.26. The van der Waals surface area contributed by atoms with Crippen LogP contribution in [0.15, 0.2) is 84.0 Å². The van der Waals surface area contributed by atoms with E-state index in [2.05, 4.69) is 29.1 Å². The molecule has 3 aromatic rings. The van der Waals surface area contributed by atoms with Gasteiger partial charge in [-0.2, -0.15) is 0 Å². The molecule has 1 aliphatic rings. The predicted molar refractivity (Wildman–Crippen MR) is 125 cm³/mol. The third-order valence-electron chi connectivity index (χ3n) is 5.73. The molecule has 4 rings (SSSR count). The molecular weight excluding hydrogens is 403 g/mol. The number of hydrogen-bond acceptors (Lipinski definition) is 4. The quantitative estimate of drug-likeness (QED) is 0.532. The summed E-state index contributed by atoms with van der Waals surface area (Å²) in [6.45, 7) is 3.66. The van der Waals surface area contributed by atoms with Crippen molar-refractivity contribution in [3.63, 3.8) is 0 Å². The number of hydrogen-bond donors (Lipinski definition) is 1. The minimum atomic E-state index is -0.538. The van der Waals surface area contributed by atoms with Gasteiger partial charge in [0.15, 0.2) is 0 Å². The Bertz CT molecular complexity index is 1050. The molecule has 1 aliphatic heterocycles. The molecule has 0 aliphatic carbocycles. The summed E-state index contributed by atoms with van der Waals surface area (Å²) < 4.78 is 13.7. The van der Waals surface area contributed by atoms with Crippen molar-refractivity contribution in [2.45, 2.75) is 38.5 Å². The molecule has 0 fully saturated rings. The molecule has 4 nitrogen and oxygen atoms in total. The van der Waals surface area contributed by atoms with Crippen LogP contribution < -0.4 is 0 Å². The third-order valence-corrected chi connectivity index (χ3v) is 5.73. The van der Waals surface area contributed by atoms with Crippen molar-refractivity contribution in [1.29, 1.82) is 0 Å². The zero-order chi connectivity index (χ0) is 22.3. The predicted octanol–water partition coefficient (Wildman–Crippen LogP) is 4.73. The largest absolute Gasteiger partial charge is 0.391 e. The van der Waals surface area contributed by atoms with E-state index in [1.165, 1.54) is 11.6 Å². The van der Waals surface area contributed by atoms with Gasteiger partial charge in [-0.15, -0.1) is 0 Å². The Labute approximate surface area is 189 Å². The lowest BCUT2D eigenvalue weighted by molar-refractivity contribution is 0.0322. The molecule has 3 aromatic carbocycles. The third kappa shape index (κ3) is 6.02. The van der Waals surface area contributed by atoms with Crippen LogP contribution in [0.2, 0.25) is 0 Å².